The number of hydrogen-bond acceptors (Lipinski definition) is 8. The van der Waals surface area contributed by atoms with Gasteiger partial charge in [0.05, 0.1) is 39.6 Å². The molecule has 0 aromatic carbocycles. The van der Waals surface area contributed by atoms with Gasteiger partial charge in [0, 0.05) is 19.8 Å². The van der Waals surface area contributed by atoms with Crippen LogP contribution in [0.5, 0.6) is 0 Å². The lowest BCUT2D eigenvalue weighted by Gasteiger charge is -2.40. The average Bonchev–Trinajstić information content (AvgIpc) is 3.61. The first-order valence-electron chi connectivity index (χ1n) is 12.6. The lowest BCUT2D eigenvalue weighted by Crippen LogP contribution is -2.53. The molecule has 196 valence electrons. The van der Waals surface area contributed by atoms with Crippen molar-refractivity contribution in [3.05, 3.63) is 0 Å². The van der Waals surface area contributed by atoms with Crippen molar-refractivity contribution in [2.45, 2.75) is 82.3 Å². The lowest BCUT2D eigenvalue weighted by molar-refractivity contribution is 0.0922. The van der Waals surface area contributed by atoms with Gasteiger partial charge in [0.2, 0.25) is 0 Å². The zero-order valence-corrected chi connectivity index (χ0v) is 24.6. The number of ether oxygens (including phenoxy) is 5. The van der Waals surface area contributed by atoms with Crippen molar-refractivity contribution in [1.82, 2.24) is 0 Å². The molecule has 0 spiro atoms. The highest BCUT2D eigenvalue weighted by atomic mass is 28.5. The lowest BCUT2D eigenvalue weighted by atomic mass is 10.5. The minimum absolute atomic E-state index is 0.0696. The predicted molar refractivity (Wildman–Crippen MR) is 136 cm³/mol. The van der Waals surface area contributed by atoms with E-state index in [1.54, 1.807) is 0 Å². The molecule has 2 fully saturated rings. The Hall–Kier alpha value is 0.331. The summed E-state index contributed by atoms with van der Waals surface area (Å²) in [4.78, 5) is 0. The van der Waals surface area contributed by atoms with E-state index < -0.39 is 25.2 Å². The van der Waals surface area contributed by atoms with Crippen molar-refractivity contribution in [3.8, 4) is 0 Å². The summed E-state index contributed by atoms with van der Waals surface area (Å²) in [5, 5.41) is 8.93. The maximum Gasteiger partial charge on any atom is 0.311 e. The fraction of sp³-hybridized carbons (Fsp3) is 1.00. The van der Waals surface area contributed by atoms with Gasteiger partial charge < -0.3 is 37.0 Å². The number of aliphatic hydroxyl groups is 1. The Morgan fingerprint density at radius 3 is 1.67 bits per heavy atom. The molecule has 0 aromatic rings. The van der Waals surface area contributed by atoms with Gasteiger partial charge in [-0.15, -0.1) is 0 Å². The number of hydrogen-bond donors (Lipinski definition) is 1. The topological polar surface area (TPSA) is 91.4 Å². The van der Waals surface area contributed by atoms with Crippen molar-refractivity contribution >= 4 is 25.2 Å². The van der Waals surface area contributed by atoms with Crippen molar-refractivity contribution in [3.63, 3.8) is 0 Å². The van der Waals surface area contributed by atoms with Crippen LogP contribution >= 0.6 is 0 Å². The highest BCUT2D eigenvalue weighted by Crippen LogP contribution is 2.29. The fourth-order valence-electron chi connectivity index (χ4n) is 4.18. The first-order chi connectivity index (χ1) is 15.6. The van der Waals surface area contributed by atoms with Crippen LogP contribution in [0.4, 0.5) is 0 Å². The summed E-state index contributed by atoms with van der Waals surface area (Å²) in [7, 11) is -6.11. The van der Waals surface area contributed by atoms with Gasteiger partial charge in [0.25, 0.3) is 0 Å². The molecule has 11 heteroatoms. The smallest absolute Gasteiger partial charge is 0.311 e. The van der Waals surface area contributed by atoms with Crippen LogP contribution in [0, 0.1) is 0 Å². The maximum atomic E-state index is 8.93. The maximum absolute atomic E-state index is 8.93. The molecule has 2 aliphatic rings. The number of aliphatic hydroxyl groups excluding tert-OH is 1. The molecule has 3 atom stereocenters. The first kappa shape index (κ1) is 29.6. The molecule has 0 radical (unpaired) electrons. The summed E-state index contributed by atoms with van der Waals surface area (Å²) in [5.74, 6) is 0. The van der Waals surface area contributed by atoms with Crippen molar-refractivity contribution in [2.75, 3.05) is 59.5 Å². The van der Waals surface area contributed by atoms with E-state index in [2.05, 4.69) is 32.7 Å². The second-order valence-electron chi connectivity index (χ2n) is 10.5. The molecular weight excluding hydrogens is 476 g/mol. The first-order valence-corrected chi connectivity index (χ1v) is 21.4. The standard InChI is InChI=1S/C22H48O8Si3/c1-31(2,14-6-11-25-17-21-19-27-21)29-32(3,4)30-33(5,15-7-10-24-13-9-23)16-8-12-26-18-22-20-28-22/h21-23H,6-20H2,1-5H3. The van der Waals surface area contributed by atoms with Crippen molar-refractivity contribution in [1.29, 1.82) is 0 Å². The third-order valence-electron chi connectivity index (χ3n) is 5.72. The van der Waals surface area contributed by atoms with Gasteiger partial charge in [-0.05, 0) is 70.1 Å². The molecule has 1 N–H and O–H groups in total. The molecule has 8 nitrogen and oxygen atoms in total. The monoisotopic (exact) mass is 524 g/mol. The molecule has 3 unspecified atom stereocenters. The second kappa shape index (κ2) is 14.8. The van der Waals surface area contributed by atoms with Crippen LogP contribution in [-0.4, -0.2) is 102 Å². The SMILES string of the molecule is C[Si](C)(CCCOCC1CO1)O[Si](C)(C)O[Si](C)(CCCOCCO)CCCOCC1CO1. The van der Waals surface area contributed by atoms with E-state index in [1.807, 2.05) is 0 Å². The molecule has 2 saturated heterocycles. The quantitative estimate of drug-likeness (QED) is 0.131. The van der Waals surface area contributed by atoms with E-state index >= 15 is 0 Å². The largest absolute Gasteiger partial charge is 0.437 e. The zero-order chi connectivity index (χ0) is 24.2. The third-order valence-corrected chi connectivity index (χ3v) is 18.2. The average molecular weight is 525 g/mol. The van der Waals surface area contributed by atoms with E-state index in [4.69, 9.17) is 37.0 Å². The fourth-order valence-corrected chi connectivity index (χ4v) is 19.0. The van der Waals surface area contributed by atoms with Crippen LogP contribution in [0.25, 0.3) is 0 Å². The Balaban J connectivity index is 1.76. The van der Waals surface area contributed by atoms with E-state index in [0.29, 0.717) is 32.0 Å². The number of rotatable bonds is 22. The number of epoxide rings is 2. The Labute approximate surface area is 204 Å². The van der Waals surface area contributed by atoms with Crippen LogP contribution in [-0.2, 0) is 31.9 Å². The zero-order valence-electron chi connectivity index (χ0n) is 21.6. The van der Waals surface area contributed by atoms with Gasteiger partial charge in [-0.1, -0.05) is 0 Å². The molecular formula is C22H48O8Si3. The minimum Gasteiger partial charge on any atom is -0.437 e. The molecule has 2 rings (SSSR count). The molecule has 2 aliphatic heterocycles. The molecule has 2 heterocycles. The summed E-state index contributed by atoms with van der Waals surface area (Å²) >= 11 is 0. The van der Waals surface area contributed by atoms with Gasteiger partial charge in [-0.25, -0.2) is 0 Å². The van der Waals surface area contributed by atoms with Gasteiger partial charge >= 0.3 is 8.56 Å². The van der Waals surface area contributed by atoms with Crippen molar-refractivity contribution < 1.29 is 37.0 Å². The Morgan fingerprint density at radius 1 is 0.697 bits per heavy atom. The van der Waals surface area contributed by atoms with E-state index in [1.165, 1.54) is 0 Å². The second-order valence-corrected chi connectivity index (χ2v) is 22.9. The molecule has 0 aromatic heterocycles. The Bertz CT molecular complexity index is 532. The molecule has 0 aliphatic carbocycles. The minimum atomic E-state index is -2.28. The van der Waals surface area contributed by atoms with Gasteiger partial charge in [0.1, 0.15) is 12.2 Å². The summed E-state index contributed by atoms with van der Waals surface area (Å²) in [6.45, 7) is 17.1. The van der Waals surface area contributed by atoms with E-state index in [-0.39, 0.29) is 6.61 Å². The van der Waals surface area contributed by atoms with Crippen LogP contribution in [0.2, 0.25) is 50.9 Å². The third kappa shape index (κ3) is 15.1. The molecule has 0 bridgehead atoms. The molecule has 0 saturated carbocycles. The van der Waals surface area contributed by atoms with E-state index in [0.717, 1.165) is 70.4 Å². The van der Waals surface area contributed by atoms with Crippen LogP contribution < -0.4 is 0 Å². The normalized spacial score (nSPS) is 22.4. The Morgan fingerprint density at radius 2 is 1.18 bits per heavy atom. The van der Waals surface area contributed by atoms with Gasteiger partial charge in [-0.2, -0.15) is 0 Å². The van der Waals surface area contributed by atoms with E-state index in [9.17, 15) is 0 Å². The predicted octanol–water partition coefficient (Wildman–Crippen LogP) is 3.51. The summed E-state index contributed by atoms with van der Waals surface area (Å²) < 4.78 is 41.1. The van der Waals surface area contributed by atoms with Crippen LogP contribution in [0.3, 0.4) is 0 Å². The molecule has 0 amide bonds. The van der Waals surface area contributed by atoms with Gasteiger partial charge in [-0.3, -0.25) is 0 Å². The Kier molecular flexibility index (Phi) is 13.2. The summed E-state index contributed by atoms with van der Waals surface area (Å²) in [6, 6.07) is 3.16. The highest BCUT2D eigenvalue weighted by Gasteiger charge is 2.41. The highest BCUT2D eigenvalue weighted by molar-refractivity contribution is 6.88. The summed E-state index contributed by atoms with van der Waals surface area (Å²) in [6.07, 6.45) is 3.62. The van der Waals surface area contributed by atoms with Gasteiger partial charge in [0.15, 0.2) is 16.6 Å². The van der Waals surface area contributed by atoms with Crippen molar-refractivity contribution in [2.24, 2.45) is 0 Å². The molecule has 33 heavy (non-hydrogen) atoms. The van der Waals surface area contributed by atoms with Crippen LogP contribution in [0.15, 0.2) is 0 Å². The van der Waals surface area contributed by atoms with Crippen LogP contribution in [0.1, 0.15) is 19.3 Å². The summed E-state index contributed by atoms with van der Waals surface area (Å²) in [5.41, 5.74) is 0.